The monoisotopic (exact) mass is 449 g/mol. The molecule has 2 amide bonds. The maximum Gasteiger partial charge on any atom is 0.265 e. The molecule has 0 atom stereocenters. The maximum absolute atomic E-state index is 13.9. The van der Waals surface area contributed by atoms with Gasteiger partial charge < -0.3 is 9.80 Å². The van der Waals surface area contributed by atoms with Gasteiger partial charge in [-0.3, -0.25) is 9.59 Å². The molecule has 9 heteroatoms. The van der Waals surface area contributed by atoms with Crippen LogP contribution in [0.15, 0.2) is 36.4 Å². The lowest BCUT2D eigenvalue weighted by Gasteiger charge is -2.34. The van der Waals surface area contributed by atoms with E-state index in [-0.39, 0.29) is 17.4 Å². The zero-order valence-electron chi connectivity index (χ0n) is 15.5. The normalized spacial score (nSPS) is 14.3. The van der Waals surface area contributed by atoms with Gasteiger partial charge >= 0.3 is 0 Å². The largest absolute Gasteiger partial charge is 0.335 e. The molecule has 3 heterocycles. The highest BCUT2D eigenvalue weighted by Crippen LogP contribution is 2.35. The Kier molecular flexibility index (Phi) is 5.67. The number of rotatable bonds is 3. The minimum Gasteiger partial charge on any atom is -0.335 e. The maximum atomic E-state index is 13.9. The first kappa shape index (κ1) is 20.0. The fourth-order valence-electron chi connectivity index (χ4n) is 3.19. The third-order valence-electron chi connectivity index (χ3n) is 4.73. The van der Waals surface area contributed by atoms with Crippen molar-refractivity contribution in [2.24, 2.45) is 0 Å². The lowest BCUT2D eigenvalue weighted by Crippen LogP contribution is -2.50. The van der Waals surface area contributed by atoms with E-state index in [0.29, 0.717) is 41.1 Å². The van der Waals surface area contributed by atoms with E-state index < -0.39 is 5.82 Å². The van der Waals surface area contributed by atoms with E-state index in [0.717, 1.165) is 9.88 Å². The first-order valence-corrected chi connectivity index (χ1v) is 11.0. The molecule has 1 aliphatic rings. The summed E-state index contributed by atoms with van der Waals surface area (Å²) in [6.07, 6.45) is 0. The van der Waals surface area contributed by atoms with Crippen LogP contribution in [0.1, 0.15) is 25.7 Å². The SMILES string of the molecule is Cc1nc(-c2ccc(Cl)s2)sc1C(=O)N1CCN(C(=O)c2ccccc2F)CC1. The summed E-state index contributed by atoms with van der Waals surface area (Å²) in [7, 11) is 0. The van der Waals surface area contributed by atoms with E-state index in [1.54, 1.807) is 21.9 Å². The molecule has 1 aliphatic heterocycles. The molecule has 0 saturated carbocycles. The summed E-state index contributed by atoms with van der Waals surface area (Å²) >= 11 is 8.78. The van der Waals surface area contributed by atoms with E-state index in [1.807, 2.05) is 19.1 Å². The van der Waals surface area contributed by atoms with Crippen molar-refractivity contribution in [3.05, 3.63) is 62.7 Å². The summed E-state index contributed by atoms with van der Waals surface area (Å²) in [5.41, 5.74) is 0.745. The molecule has 0 unspecified atom stereocenters. The van der Waals surface area contributed by atoms with E-state index in [4.69, 9.17) is 11.6 Å². The third kappa shape index (κ3) is 4.05. The first-order valence-electron chi connectivity index (χ1n) is 9.00. The zero-order chi connectivity index (χ0) is 20.5. The molecular formula is C20H17ClFN3O2S2. The van der Waals surface area contributed by atoms with Gasteiger partial charge in [0, 0.05) is 26.2 Å². The topological polar surface area (TPSA) is 53.5 Å². The number of aromatic nitrogens is 1. The fraction of sp³-hybridized carbons (Fsp3) is 0.250. The molecule has 0 radical (unpaired) electrons. The Balaban J connectivity index is 1.44. The van der Waals surface area contributed by atoms with Gasteiger partial charge in [0.2, 0.25) is 0 Å². The highest BCUT2D eigenvalue weighted by atomic mass is 35.5. The summed E-state index contributed by atoms with van der Waals surface area (Å²) in [5.74, 6) is -0.967. The molecule has 3 aromatic rings. The smallest absolute Gasteiger partial charge is 0.265 e. The average Bonchev–Trinajstić information content (AvgIpc) is 3.33. The van der Waals surface area contributed by atoms with Gasteiger partial charge in [0.05, 0.1) is 20.5 Å². The lowest BCUT2D eigenvalue weighted by molar-refractivity contribution is 0.0535. The van der Waals surface area contributed by atoms with Gasteiger partial charge in [-0.1, -0.05) is 23.7 Å². The van der Waals surface area contributed by atoms with Crippen LogP contribution in [0.25, 0.3) is 9.88 Å². The number of thiazole rings is 1. The molecule has 150 valence electrons. The van der Waals surface area contributed by atoms with Gasteiger partial charge in [0.15, 0.2) is 0 Å². The van der Waals surface area contributed by atoms with Crippen LogP contribution in [0.4, 0.5) is 4.39 Å². The predicted octanol–water partition coefficient (Wildman–Crippen LogP) is 4.57. The lowest BCUT2D eigenvalue weighted by atomic mass is 10.1. The van der Waals surface area contributed by atoms with Gasteiger partial charge in [-0.15, -0.1) is 22.7 Å². The van der Waals surface area contributed by atoms with Crippen LogP contribution in [0, 0.1) is 12.7 Å². The van der Waals surface area contributed by atoms with Crippen molar-refractivity contribution in [1.82, 2.24) is 14.8 Å². The van der Waals surface area contributed by atoms with Crippen LogP contribution in [0.3, 0.4) is 0 Å². The van der Waals surface area contributed by atoms with Gasteiger partial charge in [0.1, 0.15) is 15.7 Å². The number of aryl methyl sites for hydroxylation is 1. The van der Waals surface area contributed by atoms with Crippen LogP contribution in [-0.2, 0) is 0 Å². The highest BCUT2D eigenvalue weighted by molar-refractivity contribution is 7.24. The molecule has 1 fully saturated rings. The number of nitrogens with zero attached hydrogens (tertiary/aromatic N) is 3. The van der Waals surface area contributed by atoms with E-state index >= 15 is 0 Å². The average molecular weight is 450 g/mol. The zero-order valence-corrected chi connectivity index (χ0v) is 17.9. The van der Waals surface area contributed by atoms with Crippen molar-refractivity contribution >= 4 is 46.1 Å². The van der Waals surface area contributed by atoms with Gasteiger partial charge in [-0.05, 0) is 31.2 Å². The molecule has 1 aromatic carbocycles. The van der Waals surface area contributed by atoms with Gasteiger partial charge in [-0.25, -0.2) is 9.37 Å². The minimum atomic E-state index is -0.530. The predicted molar refractivity (Wildman–Crippen MR) is 113 cm³/mol. The molecule has 29 heavy (non-hydrogen) atoms. The Morgan fingerprint density at radius 1 is 1.00 bits per heavy atom. The van der Waals surface area contributed by atoms with Crippen LogP contribution in [-0.4, -0.2) is 52.8 Å². The number of thiophene rings is 1. The van der Waals surface area contributed by atoms with Crippen molar-refractivity contribution in [3.8, 4) is 9.88 Å². The van der Waals surface area contributed by atoms with Crippen LogP contribution in [0.2, 0.25) is 4.34 Å². The molecule has 0 spiro atoms. The molecule has 1 saturated heterocycles. The van der Waals surface area contributed by atoms with Crippen molar-refractivity contribution in [2.75, 3.05) is 26.2 Å². The second-order valence-electron chi connectivity index (χ2n) is 6.60. The van der Waals surface area contributed by atoms with Gasteiger partial charge in [-0.2, -0.15) is 0 Å². The first-order chi connectivity index (χ1) is 13.9. The van der Waals surface area contributed by atoms with Gasteiger partial charge in [0.25, 0.3) is 11.8 Å². The number of hydrogen-bond acceptors (Lipinski definition) is 5. The Morgan fingerprint density at radius 3 is 2.28 bits per heavy atom. The van der Waals surface area contributed by atoms with Crippen molar-refractivity contribution in [2.45, 2.75) is 6.92 Å². The number of halogens is 2. The Morgan fingerprint density at radius 2 is 1.66 bits per heavy atom. The molecule has 4 rings (SSSR count). The Bertz CT molecular complexity index is 1070. The summed E-state index contributed by atoms with van der Waals surface area (Å²) in [5, 5.41) is 0.774. The van der Waals surface area contributed by atoms with Crippen molar-refractivity contribution < 1.29 is 14.0 Å². The highest BCUT2D eigenvalue weighted by Gasteiger charge is 2.28. The number of benzene rings is 1. The Labute approximate surface area is 180 Å². The molecular weight excluding hydrogens is 433 g/mol. The fourth-order valence-corrected chi connectivity index (χ4v) is 5.32. The summed E-state index contributed by atoms with van der Waals surface area (Å²) in [6.45, 7) is 3.35. The molecule has 0 bridgehead atoms. The number of carbonyl (C=O) groups excluding carboxylic acids is 2. The standard InChI is InChI=1S/C20H17ClFN3O2S2/c1-12-17(29-18(23-12)15-6-7-16(21)28-15)20(27)25-10-8-24(9-11-25)19(26)13-4-2-3-5-14(13)22/h2-7H,8-11H2,1H3. The second-order valence-corrected chi connectivity index (χ2v) is 9.32. The quantitative estimate of drug-likeness (QED) is 0.588. The van der Waals surface area contributed by atoms with Crippen molar-refractivity contribution in [1.29, 1.82) is 0 Å². The Hall–Kier alpha value is -2.29. The van der Waals surface area contributed by atoms with Crippen LogP contribution < -0.4 is 0 Å². The van der Waals surface area contributed by atoms with E-state index in [9.17, 15) is 14.0 Å². The number of piperazine rings is 1. The summed E-state index contributed by atoms with van der Waals surface area (Å²) in [6, 6.07) is 9.66. The summed E-state index contributed by atoms with van der Waals surface area (Å²) in [4.78, 5) is 34.9. The number of carbonyl (C=O) groups is 2. The molecule has 0 aliphatic carbocycles. The van der Waals surface area contributed by atoms with Crippen molar-refractivity contribution in [3.63, 3.8) is 0 Å². The molecule has 0 N–H and O–H groups in total. The van der Waals surface area contributed by atoms with Crippen LogP contribution >= 0.6 is 34.3 Å². The second kappa shape index (κ2) is 8.22. The van der Waals surface area contributed by atoms with E-state index in [2.05, 4.69) is 4.98 Å². The van der Waals surface area contributed by atoms with E-state index in [1.165, 1.54) is 34.8 Å². The minimum absolute atomic E-state index is 0.0600. The number of hydrogen-bond donors (Lipinski definition) is 0. The molecule has 2 aromatic heterocycles. The summed E-state index contributed by atoms with van der Waals surface area (Å²) < 4.78 is 14.6. The molecule has 5 nitrogen and oxygen atoms in total. The number of amides is 2. The third-order valence-corrected chi connectivity index (χ3v) is 7.28. The van der Waals surface area contributed by atoms with Crippen LogP contribution in [0.5, 0.6) is 0 Å².